The van der Waals surface area contributed by atoms with Gasteiger partial charge in [0.15, 0.2) is 0 Å². The third kappa shape index (κ3) is 31.8. The van der Waals surface area contributed by atoms with Gasteiger partial charge in [0, 0.05) is 39.4 Å². The van der Waals surface area contributed by atoms with E-state index >= 15 is 0 Å². The Bertz CT molecular complexity index is 1580. The van der Waals surface area contributed by atoms with Crippen molar-refractivity contribution in [2.24, 2.45) is 0 Å². The van der Waals surface area contributed by atoms with Crippen molar-refractivity contribution < 1.29 is 61.9 Å². The summed E-state index contributed by atoms with van der Waals surface area (Å²) in [5, 5.41) is 16.4. The summed E-state index contributed by atoms with van der Waals surface area (Å²) in [6.07, 6.45) is 1.57. The van der Waals surface area contributed by atoms with Crippen LogP contribution in [-0.2, 0) is 56.0 Å². The number of carbonyl (C=O) groups is 6. The number of alkyl carbamates (subject to hydrolysis) is 4. The van der Waals surface area contributed by atoms with Crippen LogP contribution in [0.4, 0.5) is 19.2 Å². The SMILES string of the molecule is CC(C)(C)OC(=O)NCCCC[C@H](NC(=O)OCc1ccccc1)C(=O)NCCCOCCOCCOCCCNC(=O)[C@H](CCCCNC(=O)OC(C)(C)C)NC(=O)OCc1ccccc1. The van der Waals surface area contributed by atoms with Crippen LogP contribution in [0, 0.1) is 0 Å². The summed E-state index contributed by atoms with van der Waals surface area (Å²) >= 11 is 0. The molecule has 0 aliphatic carbocycles. The van der Waals surface area contributed by atoms with Gasteiger partial charge in [-0.05, 0) is 104 Å². The Morgan fingerprint density at radius 1 is 0.433 bits per heavy atom. The summed E-state index contributed by atoms with van der Waals surface area (Å²) in [6.45, 7) is 14.4. The van der Waals surface area contributed by atoms with Gasteiger partial charge in [0.25, 0.3) is 0 Å². The van der Waals surface area contributed by atoms with Crippen molar-refractivity contribution in [1.82, 2.24) is 31.9 Å². The number of unbranched alkanes of at least 4 members (excludes halogenated alkanes) is 2. The molecule has 19 heteroatoms. The Morgan fingerprint density at radius 2 is 0.776 bits per heavy atom. The van der Waals surface area contributed by atoms with Crippen molar-refractivity contribution in [2.75, 3.05) is 65.8 Å². The van der Waals surface area contributed by atoms with Crippen molar-refractivity contribution in [3.05, 3.63) is 71.8 Å². The lowest BCUT2D eigenvalue weighted by Crippen LogP contribution is -2.47. The van der Waals surface area contributed by atoms with Crippen LogP contribution >= 0.6 is 0 Å². The molecule has 2 rings (SSSR count). The van der Waals surface area contributed by atoms with Crippen LogP contribution in [0.1, 0.15) is 104 Å². The van der Waals surface area contributed by atoms with Gasteiger partial charge in [-0.1, -0.05) is 60.7 Å². The van der Waals surface area contributed by atoms with Crippen LogP contribution in [0.5, 0.6) is 0 Å². The minimum Gasteiger partial charge on any atom is -0.445 e. The number of hydrogen-bond donors (Lipinski definition) is 6. The Morgan fingerprint density at radius 3 is 1.13 bits per heavy atom. The molecule has 19 nitrogen and oxygen atoms in total. The molecule has 0 saturated carbocycles. The first-order chi connectivity index (χ1) is 32.0. The summed E-state index contributed by atoms with van der Waals surface area (Å²) in [5.74, 6) is -0.697. The second kappa shape index (κ2) is 33.8. The Kier molecular flexibility index (Phi) is 29.0. The van der Waals surface area contributed by atoms with Gasteiger partial charge in [0.05, 0.1) is 26.4 Å². The van der Waals surface area contributed by atoms with Crippen LogP contribution in [-0.4, -0.2) is 125 Å². The molecule has 0 bridgehead atoms. The van der Waals surface area contributed by atoms with E-state index < -0.39 is 47.7 Å². The molecule has 67 heavy (non-hydrogen) atoms. The number of amides is 6. The topological polar surface area (TPSA) is 239 Å². The smallest absolute Gasteiger partial charge is 0.408 e. The van der Waals surface area contributed by atoms with Gasteiger partial charge < -0.3 is 65.1 Å². The van der Waals surface area contributed by atoms with Gasteiger partial charge in [0.2, 0.25) is 11.8 Å². The molecule has 0 aromatic heterocycles. The fraction of sp³-hybridized carbons (Fsp3) is 0.625. The fourth-order valence-corrected chi connectivity index (χ4v) is 5.87. The maximum absolute atomic E-state index is 13.1. The van der Waals surface area contributed by atoms with Crippen LogP contribution < -0.4 is 31.9 Å². The molecule has 0 unspecified atom stereocenters. The molecule has 0 radical (unpaired) electrons. The number of rotatable bonds is 32. The van der Waals surface area contributed by atoms with Gasteiger partial charge in [-0.3, -0.25) is 9.59 Å². The first-order valence-corrected chi connectivity index (χ1v) is 23.2. The molecule has 2 atom stereocenters. The quantitative estimate of drug-likeness (QED) is 0.0364. The highest BCUT2D eigenvalue weighted by atomic mass is 16.6. The molecular formula is C48H76N6O13. The van der Waals surface area contributed by atoms with Gasteiger partial charge >= 0.3 is 24.4 Å². The van der Waals surface area contributed by atoms with E-state index in [1.807, 2.05) is 60.7 Å². The minimum atomic E-state index is -0.832. The lowest BCUT2D eigenvalue weighted by Gasteiger charge is -2.20. The number of ether oxygens (including phenoxy) is 7. The van der Waals surface area contributed by atoms with Gasteiger partial charge in [0.1, 0.15) is 36.5 Å². The zero-order chi connectivity index (χ0) is 49.2. The molecule has 0 fully saturated rings. The average Bonchev–Trinajstić information content (AvgIpc) is 3.27. The number of hydrogen-bond acceptors (Lipinski definition) is 13. The molecule has 2 aromatic carbocycles. The third-order valence-corrected chi connectivity index (χ3v) is 9.09. The largest absolute Gasteiger partial charge is 0.445 e. The molecule has 0 saturated heterocycles. The number of carbonyl (C=O) groups excluding carboxylic acids is 6. The van der Waals surface area contributed by atoms with Crippen LogP contribution in [0.2, 0.25) is 0 Å². The monoisotopic (exact) mass is 945 g/mol. The molecule has 0 spiro atoms. The lowest BCUT2D eigenvalue weighted by atomic mass is 10.1. The van der Waals surface area contributed by atoms with Crippen LogP contribution in [0.15, 0.2) is 60.7 Å². The second-order valence-electron chi connectivity index (χ2n) is 17.5. The standard InChI is InChI=1S/C48H76N6O13/c1-47(2,3)66-43(57)51-25-15-13-23-39(53-45(59)64-35-37-19-9-7-10-20-37)41(55)49-27-17-29-61-31-33-63-34-32-62-30-18-28-50-42(56)40(24-14-16-26-52-44(58)67-48(4,5)6)54-46(60)65-36-38-21-11-8-12-22-38/h7-12,19-22,39-40H,13-18,23-36H2,1-6H3,(H,49,55)(H,50,56)(H,51,57)(H,52,58)(H,53,59)(H,54,60)/t39-,40-/m0/s1. The molecule has 0 aliphatic rings. The van der Waals surface area contributed by atoms with Crippen molar-refractivity contribution in [2.45, 2.75) is 129 Å². The number of benzene rings is 2. The second-order valence-corrected chi connectivity index (χ2v) is 17.5. The Labute approximate surface area is 396 Å². The predicted octanol–water partition coefficient (Wildman–Crippen LogP) is 6.03. The highest BCUT2D eigenvalue weighted by molar-refractivity contribution is 5.86. The van der Waals surface area contributed by atoms with Crippen LogP contribution in [0.25, 0.3) is 0 Å². The first-order valence-electron chi connectivity index (χ1n) is 23.2. The maximum Gasteiger partial charge on any atom is 0.408 e. The number of nitrogens with one attached hydrogen (secondary N) is 6. The molecule has 2 aromatic rings. The van der Waals surface area contributed by atoms with Gasteiger partial charge in [-0.15, -0.1) is 0 Å². The van der Waals surface area contributed by atoms with E-state index in [1.54, 1.807) is 41.5 Å². The van der Waals surface area contributed by atoms with E-state index in [2.05, 4.69) is 31.9 Å². The molecule has 6 N–H and O–H groups in total. The van der Waals surface area contributed by atoms with E-state index in [9.17, 15) is 28.8 Å². The average molecular weight is 945 g/mol. The Hall–Kier alpha value is -5.66. The molecule has 0 aliphatic heterocycles. The van der Waals surface area contributed by atoms with Gasteiger partial charge in [-0.25, -0.2) is 19.2 Å². The maximum atomic E-state index is 13.1. The van der Waals surface area contributed by atoms with E-state index in [4.69, 9.17) is 33.2 Å². The van der Waals surface area contributed by atoms with E-state index in [-0.39, 0.29) is 25.0 Å². The Balaban J connectivity index is 1.60. The fourth-order valence-electron chi connectivity index (χ4n) is 5.87. The summed E-state index contributed by atoms with van der Waals surface area (Å²) in [6, 6.07) is 16.8. The molecule has 376 valence electrons. The zero-order valence-electron chi connectivity index (χ0n) is 40.4. The lowest BCUT2D eigenvalue weighted by molar-refractivity contribution is -0.124. The van der Waals surface area contributed by atoms with E-state index in [0.29, 0.717) is 117 Å². The van der Waals surface area contributed by atoms with Crippen molar-refractivity contribution in [1.29, 1.82) is 0 Å². The highest BCUT2D eigenvalue weighted by Gasteiger charge is 2.23. The van der Waals surface area contributed by atoms with Crippen molar-refractivity contribution in [3.63, 3.8) is 0 Å². The summed E-state index contributed by atoms with van der Waals surface area (Å²) in [7, 11) is 0. The summed E-state index contributed by atoms with van der Waals surface area (Å²) in [5.41, 5.74) is 0.426. The van der Waals surface area contributed by atoms with Gasteiger partial charge in [-0.2, -0.15) is 0 Å². The van der Waals surface area contributed by atoms with Crippen LogP contribution in [0.3, 0.4) is 0 Å². The molecule has 6 amide bonds. The van der Waals surface area contributed by atoms with Crippen molar-refractivity contribution in [3.8, 4) is 0 Å². The normalized spacial score (nSPS) is 12.1. The summed E-state index contributed by atoms with van der Waals surface area (Å²) in [4.78, 5) is 75.1. The zero-order valence-corrected chi connectivity index (χ0v) is 40.4. The third-order valence-electron chi connectivity index (χ3n) is 9.09. The summed E-state index contributed by atoms with van der Waals surface area (Å²) < 4.78 is 38.0. The van der Waals surface area contributed by atoms with E-state index in [1.165, 1.54) is 0 Å². The van der Waals surface area contributed by atoms with Crippen molar-refractivity contribution >= 4 is 36.2 Å². The highest BCUT2D eigenvalue weighted by Crippen LogP contribution is 2.10. The molecular weight excluding hydrogens is 869 g/mol. The minimum absolute atomic E-state index is 0.0662. The molecule has 0 heterocycles. The predicted molar refractivity (Wildman–Crippen MR) is 251 cm³/mol. The van der Waals surface area contributed by atoms with E-state index in [0.717, 1.165) is 11.1 Å². The first kappa shape index (κ1) is 57.5.